The van der Waals surface area contributed by atoms with Gasteiger partial charge in [-0.15, -0.1) is 0 Å². The fourth-order valence-electron chi connectivity index (χ4n) is 3.08. The van der Waals surface area contributed by atoms with E-state index in [2.05, 4.69) is 11.4 Å². The van der Waals surface area contributed by atoms with Crippen molar-refractivity contribution in [3.63, 3.8) is 0 Å². The topological polar surface area (TPSA) is 97.0 Å². The molecule has 1 heterocycles. The number of hydrogen-bond donors (Lipinski definition) is 1. The second-order valence-electron chi connectivity index (χ2n) is 8.61. The van der Waals surface area contributed by atoms with Gasteiger partial charge in [0.1, 0.15) is 11.4 Å². The Hall–Kier alpha value is -3.66. The van der Waals surface area contributed by atoms with Gasteiger partial charge >= 0.3 is 6.09 Å². The first-order chi connectivity index (χ1) is 15.6. The number of aromatic nitrogens is 2. The zero-order valence-corrected chi connectivity index (χ0v) is 20.2. The summed E-state index contributed by atoms with van der Waals surface area (Å²) in [6.07, 6.45) is 0.693. The van der Waals surface area contributed by atoms with Crippen LogP contribution in [0.2, 0.25) is 0 Å². The summed E-state index contributed by atoms with van der Waals surface area (Å²) in [5, 5.41) is 12.2. The van der Waals surface area contributed by atoms with Crippen molar-refractivity contribution in [2.75, 3.05) is 0 Å². The van der Waals surface area contributed by atoms with Crippen LogP contribution in [0, 0.1) is 18.3 Å². The maximum Gasteiger partial charge on any atom is 0.408 e. The number of nitrogens with one attached hydrogen (secondary N) is 1. The molecule has 0 fully saturated rings. The molecule has 0 aliphatic carbocycles. The van der Waals surface area contributed by atoms with Crippen molar-refractivity contribution in [2.45, 2.75) is 66.5 Å². The van der Waals surface area contributed by atoms with Crippen LogP contribution in [0.15, 0.2) is 47.3 Å². The molecule has 33 heavy (non-hydrogen) atoms. The molecule has 0 saturated carbocycles. The van der Waals surface area contributed by atoms with Gasteiger partial charge in [-0.3, -0.25) is 9.36 Å². The number of carbonyl (C=O) groups is 1. The van der Waals surface area contributed by atoms with Crippen molar-refractivity contribution < 1.29 is 9.53 Å². The molecule has 1 aromatic heterocycles. The van der Waals surface area contributed by atoms with E-state index in [0.29, 0.717) is 29.9 Å². The maximum absolute atomic E-state index is 13.5. The first kappa shape index (κ1) is 25.6. The van der Waals surface area contributed by atoms with E-state index in [1.54, 1.807) is 45.0 Å². The van der Waals surface area contributed by atoms with Crippen molar-refractivity contribution in [3.8, 4) is 11.8 Å². The predicted octanol–water partition coefficient (Wildman–Crippen LogP) is 4.69. The minimum absolute atomic E-state index is 0.0350. The molecule has 0 atom stereocenters. The van der Waals surface area contributed by atoms with Gasteiger partial charge in [-0.05, 0) is 69.9 Å². The highest BCUT2D eigenvalue weighted by Gasteiger charge is 2.17. The van der Waals surface area contributed by atoms with Gasteiger partial charge in [0.25, 0.3) is 5.56 Å². The fourth-order valence-corrected chi connectivity index (χ4v) is 3.08. The van der Waals surface area contributed by atoms with E-state index in [1.165, 1.54) is 4.57 Å². The van der Waals surface area contributed by atoms with Gasteiger partial charge in [0, 0.05) is 11.8 Å². The third kappa shape index (κ3) is 7.46. The Labute approximate surface area is 195 Å². The first-order valence-electron chi connectivity index (χ1n) is 11.0. The summed E-state index contributed by atoms with van der Waals surface area (Å²) in [5.41, 5.74) is 2.39. The molecule has 7 heteroatoms. The van der Waals surface area contributed by atoms with Crippen LogP contribution in [-0.2, 0) is 24.1 Å². The van der Waals surface area contributed by atoms with Gasteiger partial charge in [0.05, 0.1) is 23.9 Å². The Bertz CT molecular complexity index is 1170. The van der Waals surface area contributed by atoms with E-state index in [0.717, 1.165) is 16.8 Å². The van der Waals surface area contributed by atoms with Crippen molar-refractivity contribution in [1.29, 1.82) is 5.26 Å². The van der Waals surface area contributed by atoms with Crippen LogP contribution >= 0.6 is 0 Å². The minimum Gasteiger partial charge on any atom is -0.444 e. The quantitative estimate of drug-likeness (QED) is 0.716. The van der Waals surface area contributed by atoms with Crippen molar-refractivity contribution in [3.05, 3.63) is 81.0 Å². The smallest absolute Gasteiger partial charge is 0.408 e. The Kier molecular flexibility index (Phi) is 8.75. The van der Waals surface area contributed by atoms with Gasteiger partial charge in [-0.2, -0.15) is 5.26 Å². The van der Waals surface area contributed by atoms with E-state index in [4.69, 9.17) is 9.72 Å². The van der Waals surface area contributed by atoms with E-state index in [1.807, 2.05) is 39.0 Å². The summed E-state index contributed by atoms with van der Waals surface area (Å²) in [5.74, 6) is 0.328. The first-order valence-corrected chi connectivity index (χ1v) is 11.0. The zero-order chi connectivity index (χ0) is 24.6. The van der Waals surface area contributed by atoms with Crippen molar-refractivity contribution in [2.24, 2.45) is 0 Å². The van der Waals surface area contributed by atoms with Gasteiger partial charge in [0.15, 0.2) is 0 Å². The number of rotatable bonds is 5. The highest BCUT2D eigenvalue weighted by molar-refractivity contribution is 5.67. The lowest BCUT2D eigenvalue weighted by Crippen LogP contribution is -2.34. The number of hydrogen-bond acceptors (Lipinski definition) is 5. The molecule has 0 aliphatic heterocycles. The van der Waals surface area contributed by atoms with Crippen LogP contribution in [0.5, 0.6) is 0 Å². The highest BCUT2D eigenvalue weighted by atomic mass is 16.6. The fraction of sp³-hybridized carbons (Fsp3) is 0.385. The van der Waals surface area contributed by atoms with Crippen LogP contribution in [0.1, 0.15) is 62.8 Å². The molecule has 0 radical (unpaired) electrons. The number of carbonyl (C=O) groups excluding carboxylic acids is 1. The lowest BCUT2D eigenvalue weighted by atomic mass is 10.1. The Morgan fingerprint density at radius 1 is 1.15 bits per heavy atom. The molecule has 7 nitrogen and oxygen atoms in total. The van der Waals surface area contributed by atoms with Gasteiger partial charge in [0.2, 0.25) is 0 Å². The normalized spacial score (nSPS) is 10.7. The van der Waals surface area contributed by atoms with Crippen LogP contribution in [0.4, 0.5) is 4.79 Å². The number of nitrogens with zero attached hydrogens (tertiary/aromatic N) is 3. The number of amides is 1. The Morgan fingerprint density at radius 3 is 2.48 bits per heavy atom. The molecule has 1 N–H and O–H groups in total. The van der Waals surface area contributed by atoms with E-state index in [9.17, 15) is 14.9 Å². The molecule has 174 valence electrons. The second kappa shape index (κ2) is 11.3. The van der Waals surface area contributed by atoms with E-state index in [-0.39, 0.29) is 12.1 Å². The summed E-state index contributed by atoms with van der Waals surface area (Å²) in [6, 6.07) is 14.6. The molecule has 0 saturated heterocycles. The predicted molar refractivity (Wildman–Crippen MR) is 129 cm³/mol. The number of ether oxygens (including phenoxy) is 1. The summed E-state index contributed by atoms with van der Waals surface area (Å²) in [6.45, 7) is 11.1. The summed E-state index contributed by atoms with van der Waals surface area (Å²) in [4.78, 5) is 30.5. The molecule has 0 unspecified atom stereocenters. The van der Waals surface area contributed by atoms with Crippen molar-refractivity contribution in [1.82, 2.24) is 14.9 Å². The second-order valence-corrected chi connectivity index (χ2v) is 8.61. The average Bonchev–Trinajstić information content (AvgIpc) is 2.75. The number of benzene rings is 1. The molecule has 0 aliphatic rings. The van der Waals surface area contributed by atoms with Crippen molar-refractivity contribution >= 4 is 6.09 Å². The number of alkyl carbamates (subject to hydrolysis) is 1. The van der Waals surface area contributed by atoms with E-state index < -0.39 is 11.7 Å². The van der Waals surface area contributed by atoms with Crippen LogP contribution < -0.4 is 10.9 Å². The molecule has 0 spiro atoms. The standard InChI is InChI=1S/C26H32N4O3/c1-7-19-10-9-11-21(8-2)29-23(17-28-25(32)33-26(4,5)6)30(24(31)14-19)22-13-12-18(3)20(15-22)16-27/h9-15H,7-8,17H2,1-6H3,(H,28,32). The molecular formula is C26H32N4O3. The Morgan fingerprint density at radius 2 is 1.88 bits per heavy atom. The van der Waals surface area contributed by atoms with Gasteiger partial charge in [-0.1, -0.05) is 32.0 Å². The minimum atomic E-state index is -0.658. The molecule has 1 amide bonds. The third-order valence-corrected chi connectivity index (χ3v) is 4.82. The number of nitriles is 1. The highest BCUT2D eigenvalue weighted by Crippen LogP contribution is 2.14. The molecule has 2 aromatic rings. The lowest BCUT2D eigenvalue weighted by Gasteiger charge is -2.20. The van der Waals surface area contributed by atoms with Crippen LogP contribution in [-0.4, -0.2) is 21.2 Å². The van der Waals surface area contributed by atoms with Gasteiger partial charge in [-0.25, -0.2) is 9.78 Å². The number of aryl methyl sites for hydroxylation is 3. The Balaban J connectivity index is 2.82. The summed E-state index contributed by atoms with van der Waals surface area (Å²) >= 11 is 0. The zero-order valence-electron chi connectivity index (χ0n) is 20.2. The summed E-state index contributed by atoms with van der Waals surface area (Å²) in [7, 11) is 0. The summed E-state index contributed by atoms with van der Waals surface area (Å²) < 4.78 is 6.79. The third-order valence-electron chi connectivity index (χ3n) is 4.82. The molecule has 0 bridgehead atoms. The maximum atomic E-state index is 13.5. The molecular weight excluding hydrogens is 416 g/mol. The van der Waals surface area contributed by atoms with Gasteiger partial charge < -0.3 is 10.1 Å². The van der Waals surface area contributed by atoms with Crippen LogP contribution in [0.25, 0.3) is 5.69 Å². The lowest BCUT2D eigenvalue weighted by molar-refractivity contribution is 0.0521. The van der Waals surface area contributed by atoms with Crippen LogP contribution in [0.3, 0.4) is 0 Å². The average molecular weight is 449 g/mol. The molecule has 1 aromatic carbocycles. The molecule has 2 rings (SSSR count). The monoisotopic (exact) mass is 448 g/mol. The largest absolute Gasteiger partial charge is 0.444 e. The SMILES string of the molecule is CCc1cccc(CC)nc(CNC(=O)OC(C)(C)C)n(-c2ccc(C)c(C#N)c2)c(=O)c1. The van der Waals surface area contributed by atoms with E-state index >= 15 is 0 Å².